The van der Waals surface area contributed by atoms with E-state index in [-0.39, 0.29) is 12.1 Å². The van der Waals surface area contributed by atoms with Gasteiger partial charge in [-0.3, -0.25) is 4.79 Å². The second kappa shape index (κ2) is 3.83. The molecule has 1 saturated heterocycles. The number of rotatable bonds is 1. The van der Waals surface area contributed by atoms with Crippen LogP contribution in [0.1, 0.15) is 11.7 Å². The number of benzene rings is 1. The van der Waals surface area contributed by atoms with Gasteiger partial charge < -0.3 is 4.74 Å². The van der Waals surface area contributed by atoms with Crippen molar-refractivity contribution in [2.75, 3.05) is 11.5 Å². The molecule has 2 rings (SSSR count). The summed E-state index contributed by atoms with van der Waals surface area (Å²) in [6.45, 7) is 0. The average molecular weight is 194 g/mol. The maximum absolute atomic E-state index is 11.0. The van der Waals surface area contributed by atoms with Gasteiger partial charge >= 0.3 is 5.97 Å². The molecular weight excluding hydrogens is 184 g/mol. The van der Waals surface area contributed by atoms with E-state index < -0.39 is 0 Å². The first-order chi connectivity index (χ1) is 6.36. The monoisotopic (exact) mass is 194 g/mol. The summed E-state index contributed by atoms with van der Waals surface area (Å²) in [7, 11) is 0. The van der Waals surface area contributed by atoms with E-state index in [0.29, 0.717) is 5.75 Å². The van der Waals surface area contributed by atoms with Crippen LogP contribution in [0.15, 0.2) is 30.3 Å². The van der Waals surface area contributed by atoms with Gasteiger partial charge in [-0.05, 0) is 5.56 Å². The van der Waals surface area contributed by atoms with Crippen molar-refractivity contribution in [1.29, 1.82) is 0 Å². The molecule has 68 valence electrons. The SMILES string of the molecule is O=C1CSC[C@@H](c2ccccc2)O1. The second-order valence-electron chi connectivity index (χ2n) is 2.90. The highest BCUT2D eigenvalue weighted by atomic mass is 32.2. The van der Waals surface area contributed by atoms with E-state index in [4.69, 9.17) is 4.74 Å². The number of carbonyl (C=O) groups is 1. The fraction of sp³-hybridized carbons (Fsp3) is 0.300. The Balaban J connectivity index is 2.13. The largest absolute Gasteiger partial charge is 0.456 e. The summed E-state index contributed by atoms with van der Waals surface area (Å²) in [4.78, 5) is 11.0. The zero-order chi connectivity index (χ0) is 9.10. The molecule has 0 saturated carbocycles. The molecule has 1 aliphatic heterocycles. The normalized spacial score (nSPS) is 22.5. The highest BCUT2D eigenvalue weighted by Crippen LogP contribution is 2.26. The summed E-state index contributed by atoms with van der Waals surface area (Å²) in [5, 5.41) is 0. The van der Waals surface area contributed by atoms with Crippen molar-refractivity contribution in [2.24, 2.45) is 0 Å². The maximum atomic E-state index is 11.0. The number of thioether (sulfide) groups is 1. The third-order valence-electron chi connectivity index (χ3n) is 1.93. The van der Waals surface area contributed by atoms with Gasteiger partial charge in [-0.15, -0.1) is 11.8 Å². The van der Waals surface area contributed by atoms with E-state index in [1.165, 1.54) is 0 Å². The van der Waals surface area contributed by atoms with Crippen molar-refractivity contribution in [3.63, 3.8) is 0 Å². The highest BCUT2D eigenvalue weighted by Gasteiger charge is 2.21. The van der Waals surface area contributed by atoms with Gasteiger partial charge in [0.15, 0.2) is 0 Å². The predicted molar refractivity (Wildman–Crippen MR) is 52.6 cm³/mol. The van der Waals surface area contributed by atoms with Crippen LogP contribution in [0.25, 0.3) is 0 Å². The van der Waals surface area contributed by atoms with Crippen molar-refractivity contribution in [1.82, 2.24) is 0 Å². The molecule has 1 aliphatic rings. The molecule has 1 fully saturated rings. The zero-order valence-electron chi connectivity index (χ0n) is 7.10. The van der Waals surface area contributed by atoms with Crippen molar-refractivity contribution >= 4 is 17.7 Å². The summed E-state index contributed by atoms with van der Waals surface area (Å²) in [5.74, 6) is 1.25. The van der Waals surface area contributed by atoms with Crippen LogP contribution in [0, 0.1) is 0 Å². The molecule has 2 nitrogen and oxygen atoms in total. The van der Waals surface area contributed by atoms with Crippen LogP contribution in [0.3, 0.4) is 0 Å². The smallest absolute Gasteiger partial charge is 0.316 e. The van der Waals surface area contributed by atoms with E-state index >= 15 is 0 Å². The molecule has 0 aliphatic carbocycles. The highest BCUT2D eigenvalue weighted by molar-refractivity contribution is 8.00. The quantitative estimate of drug-likeness (QED) is 0.640. The van der Waals surface area contributed by atoms with Gasteiger partial charge in [0.25, 0.3) is 0 Å². The fourth-order valence-corrected chi connectivity index (χ4v) is 2.14. The second-order valence-corrected chi connectivity index (χ2v) is 3.93. The number of esters is 1. The Kier molecular flexibility index (Phi) is 2.54. The van der Waals surface area contributed by atoms with Gasteiger partial charge in [0.1, 0.15) is 6.10 Å². The van der Waals surface area contributed by atoms with Crippen LogP contribution in [-0.4, -0.2) is 17.5 Å². The van der Waals surface area contributed by atoms with Crippen LogP contribution in [-0.2, 0) is 9.53 Å². The van der Waals surface area contributed by atoms with E-state index in [2.05, 4.69) is 0 Å². The fourth-order valence-electron chi connectivity index (χ4n) is 1.31. The van der Waals surface area contributed by atoms with E-state index in [9.17, 15) is 4.79 Å². The van der Waals surface area contributed by atoms with Gasteiger partial charge in [0, 0.05) is 5.75 Å². The Morgan fingerprint density at radius 3 is 2.77 bits per heavy atom. The third kappa shape index (κ3) is 2.04. The van der Waals surface area contributed by atoms with Crippen LogP contribution < -0.4 is 0 Å². The number of carbonyl (C=O) groups excluding carboxylic acids is 1. The maximum Gasteiger partial charge on any atom is 0.316 e. The lowest BCUT2D eigenvalue weighted by atomic mass is 10.1. The average Bonchev–Trinajstić information content (AvgIpc) is 2.19. The van der Waals surface area contributed by atoms with Gasteiger partial charge in [-0.25, -0.2) is 0 Å². The summed E-state index contributed by atoms with van der Waals surface area (Å²) >= 11 is 1.63. The number of hydrogen-bond donors (Lipinski definition) is 0. The summed E-state index contributed by atoms with van der Waals surface area (Å²) in [5.41, 5.74) is 1.09. The molecular formula is C10H10O2S. The molecule has 1 atom stereocenters. The molecule has 1 aromatic carbocycles. The number of hydrogen-bond acceptors (Lipinski definition) is 3. The summed E-state index contributed by atoms with van der Waals surface area (Å²) in [6.07, 6.45) is -0.0487. The Morgan fingerprint density at radius 2 is 2.08 bits per heavy atom. The van der Waals surface area contributed by atoms with Gasteiger partial charge in [-0.1, -0.05) is 30.3 Å². The van der Waals surface area contributed by atoms with Gasteiger partial charge in [0.2, 0.25) is 0 Å². The van der Waals surface area contributed by atoms with Crippen LogP contribution >= 0.6 is 11.8 Å². The van der Waals surface area contributed by atoms with Crippen LogP contribution in [0.5, 0.6) is 0 Å². The molecule has 0 unspecified atom stereocenters. The Morgan fingerprint density at radius 1 is 1.31 bits per heavy atom. The number of ether oxygens (including phenoxy) is 1. The summed E-state index contributed by atoms with van der Waals surface area (Å²) in [6, 6.07) is 9.86. The minimum absolute atomic E-state index is 0.0487. The minimum Gasteiger partial charge on any atom is -0.456 e. The lowest BCUT2D eigenvalue weighted by Gasteiger charge is -2.21. The van der Waals surface area contributed by atoms with Crippen LogP contribution in [0.4, 0.5) is 0 Å². The first kappa shape index (κ1) is 8.63. The lowest BCUT2D eigenvalue weighted by molar-refractivity contribution is -0.145. The van der Waals surface area contributed by atoms with E-state index in [0.717, 1.165) is 11.3 Å². The van der Waals surface area contributed by atoms with Crippen molar-refractivity contribution < 1.29 is 9.53 Å². The Bertz CT molecular complexity index is 297. The zero-order valence-corrected chi connectivity index (χ0v) is 7.92. The molecule has 0 amide bonds. The van der Waals surface area contributed by atoms with Crippen molar-refractivity contribution in [2.45, 2.75) is 6.10 Å². The molecule has 0 spiro atoms. The molecule has 1 aromatic rings. The van der Waals surface area contributed by atoms with Gasteiger partial charge in [-0.2, -0.15) is 0 Å². The van der Waals surface area contributed by atoms with Crippen molar-refractivity contribution in [3.05, 3.63) is 35.9 Å². The van der Waals surface area contributed by atoms with Gasteiger partial charge in [0.05, 0.1) is 5.75 Å². The lowest BCUT2D eigenvalue weighted by Crippen LogP contribution is -2.20. The first-order valence-corrected chi connectivity index (χ1v) is 5.34. The molecule has 1 heterocycles. The molecule has 0 aromatic heterocycles. The van der Waals surface area contributed by atoms with E-state index in [1.807, 2.05) is 30.3 Å². The third-order valence-corrected chi connectivity index (χ3v) is 2.91. The standard InChI is InChI=1S/C10H10O2S/c11-10-7-13-6-9(12-10)8-4-2-1-3-5-8/h1-5,9H,6-7H2/t9-/m0/s1. The topological polar surface area (TPSA) is 26.3 Å². The Hall–Kier alpha value is -0.960. The molecule has 0 radical (unpaired) electrons. The van der Waals surface area contributed by atoms with Crippen LogP contribution in [0.2, 0.25) is 0 Å². The molecule has 13 heavy (non-hydrogen) atoms. The molecule has 0 N–H and O–H groups in total. The summed E-state index contributed by atoms with van der Waals surface area (Å²) < 4.78 is 5.21. The Labute approximate surface area is 81.3 Å². The molecule has 0 bridgehead atoms. The van der Waals surface area contributed by atoms with Crippen molar-refractivity contribution in [3.8, 4) is 0 Å². The number of cyclic esters (lactones) is 1. The minimum atomic E-state index is -0.106. The first-order valence-electron chi connectivity index (χ1n) is 4.18. The predicted octanol–water partition coefficient (Wildman–Crippen LogP) is 2.02. The molecule has 3 heteroatoms. The van der Waals surface area contributed by atoms with E-state index in [1.54, 1.807) is 11.8 Å².